The molecule has 1 spiro atoms. The number of benzene rings is 2. The van der Waals surface area contributed by atoms with E-state index in [0.29, 0.717) is 5.56 Å². The van der Waals surface area contributed by atoms with Crippen LogP contribution in [0.1, 0.15) is 53.2 Å². The van der Waals surface area contributed by atoms with E-state index in [-0.39, 0.29) is 21.2 Å². The zero-order valence-corrected chi connectivity index (χ0v) is 19.5. The van der Waals surface area contributed by atoms with Crippen molar-refractivity contribution in [3.8, 4) is 0 Å². The van der Waals surface area contributed by atoms with Crippen LogP contribution in [-0.4, -0.2) is 39.7 Å². The maximum atomic E-state index is 13.5. The summed E-state index contributed by atoms with van der Waals surface area (Å²) in [6.45, 7) is 5.21. The molecule has 1 aliphatic carbocycles. The molecular formula is C24H21Cl2NO6. The number of aliphatic carboxylic acids is 1. The van der Waals surface area contributed by atoms with E-state index in [1.165, 1.54) is 30.3 Å². The van der Waals surface area contributed by atoms with Gasteiger partial charge in [-0.15, -0.1) is 0 Å². The molecule has 33 heavy (non-hydrogen) atoms. The Kier molecular flexibility index (Phi) is 5.63. The molecule has 2 aliphatic rings. The van der Waals surface area contributed by atoms with Gasteiger partial charge in [0.05, 0.1) is 22.1 Å². The molecule has 172 valence electrons. The molecular weight excluding hydrogens is 469 g/mol. The van der Waals surface area contributed by atoms with E-state index >= 15 is 0 Å². The van der Waals surface area contributed by atoms with Crippen molar-refractivity contribution in [2.75, 3.05) is 0 Å². The number of amides is 1. The van der Waals surface area contributed by atoms with Gasteiger partial charge < -0.3 is 15.2 Å². The number of carbonyl (C=O) groups is 4. The number of hydrogen-bond donors (Lipinski definition) is 2. The molecule has 9 heteroatoms. The molecule has 0 radical (unpaired) electrons. The van der Waals surface area contributed by atoms with E-state index in [1.807, 2.05) is 0 Å². The van der Waals surface area contributed by atoms with Crippen LogP contribution in [0.3, 0.4) is 0 Å². The second-order valence-corrected chi connectivity index (χ2v) is 10.0. The second-order valence-electron chi connectivity index (χ2n) is 9.23. The normalized spacial score (nSPS) is 23.6. The second kappa shape index (κ2) is 7.94. The van der Waals surface area contributed by atoms with Crippen molar-refractivity contribution in [2.45, 2.75) is 38.0 Å². The van der Waals surface area contributed by atoms with Gasteiger partial charge in [-0.3, -0.25) is 19.2 Å². The van der Waals surface area contributed by atoms with Crippen molar-refractivity contribution in [1.82, 2.24) is 5.32 Å². The van der Waals surface area contributed by atoms with Crippen LogP contribution in [0.15, 0.2) is 42.5 Å². The first-order valence-electron chi connectivity index (χ1n) is 10.2. The third-order valence-electron chi connectivity index (χ3n) is 5.87. The monoisotopic (exact) mass is 489 g/mol. The third kappa shape index (κ3) is 3.64. The van der Waals surface area contributed by atoms with Gasteiger partial charge in [-0.05, 0) is 38.5 Å². The molecule has 1 saturated heterocycles. The average Bonchev–Trinajstić information content (AvgIpc) is 3.20. The standard InChI is InChI=1S/C24H21Cl2NO6/c1-23(2,3)27-21(30)16-17(22(31)32)24(19(28)12-6-4-5-7-13(12)20(24)29)33-18(16)11-8-9-14(25)15(26)10-11/h4-10,16-18H,1-3H3,(H,27,30)(H,31,32)/t16-,17-,18-/m0/s1. The lowest BCUT2D eigenvalue weighted by molar-refractivity contribution is -0.148. The third-order valence-corrected chi connectivity index (χ3v) is 6.61. The number of rotatable bonds is 3. The van der Waals surface area contributed by atoms with Crippen LogP contribution in [0.2, 0.25) is 10.0 Å². The van der Waals surface area contributed by atoms with Crippen LogP contribution >= 0.6 is 23.2 Å². The van der Waals surface area contributed by atoms with Gasteiger partial charge in [0.25, 0.3) is 0 Å². The summed E-state index contributed by atoms with van der Waals surface area (Å²) in [4.78, 5) is 53.0. The fourth-order valence-electron chi connectivity index (χ4n) is 4.58. The maximum Gasteiger partial charge on any atom is 0.311 e. The van der Waals surface area contributed by atoms with Gasteiger partial charge in [0.1, 0.15) is 5.92 Å². The molecule has 4 rings (SSSR count). The molecule has 0 unspecified atom stereocenters. The van der Waals surface area contributed by atoms with Gasteiger partial charge in [-0.25, -0.2) is 0 Å². The van der Waals surface area contributed by atoms with Crippen LogP contribution in [0.4, 0.5) is 0 Å². The number of carboxylic acids is 1. The van der Waals surface area contributed by atoms with Crippen molar-refractivity contribution in [1.29, 1.82) is 0 Å². The van der Waals surface area contributed by atoms with Crippen LogP contribution in [0, 0.1) is 11.8 Å². The van der Waals surface area contributed by atoms with Crippen LogP contribution in [-0.2, 0) is 14.3 Å². The smallest absolute Gasteiger partial charge is 0.311 e. The van der Waals surface area contributed by atoms with Crippen molar-refractivity contribution < 1.29 is 29.0 Å². The first-order chi connectivity index (χ1) is 15.4. The fourth-order valence-corrected chi connectivity index (χ4v) is 4.89. The number of carbonyl (C=O) groups excluding carboxylic acids is 3. The average molecular weight is 490 g/mol. The van der Waals surface area contributed by atoms with Gasteiger partial charge in [0.2, 0.25) is 23.1 Å². The van der Waals surface area contributed by atoms with Crippen LogP contribution in [0.5, 0.6) is 0 Å². The zero-order chi connectivity index (χ0) is 24.3. The summed E-state index contributed by atoms with van der Waals surface area (Å²) in [6, 6.07) is 10.5. The van der Waals surface area contributed by atoms with Crippen molar-refractivity contribution in [3.63, 3.8) is 0 Å². The van der Waals surface area contributed by atoms with E-state index in [2.05, 4.69) is 5.32 Å². The van der Waals surface area contributed by atoms with Gasteiger partial charge in [-0.1, -0.05) is 53.5 Å². The number of ether oxygens (including phenoxy) is 1. The molecule has 2 N–H and O–H groups in total. The zero-order valence-electron chi connectivity index (χ0n) is 18.0. The van der Waals surface area contributed by atoms with E-state index in [9.17, 15) is 24.3 Å². The summed E-state index contributed by atoms with van der Waals surface area (Å²) in [5, 5.41) is 13.4. The van der Waals surface area contributed by atoms with E-state index in [1.54, 1.807) is 32.9 Å². The molecule has 7 nitrogen and oxygen atoms in total. The molecule has 2 aromatic carbocycles. The minimum atomic E-state index is -2.37. The Bertz CT molecular complexity index is 1170. The Balaban J connectivity index is 1.92. The topological polar surface area (TPSA) is 110 Å². The van der Waals surface area contributed by atoms with Crippen molar-refractivity contribution in [3.05, 3.63) is 69.2 Å². The number of carboxylic acid groups (broad SMARTS) is 1. The number of nitrogens with one attached hydrogen (secondary N) is 1. The SMILES string of the molecule is CC(C)(C)NC(=O)[C@H]1[C@@H](C(=O)O)C2(O[C@H]1c1ccc(Cl)c(Cl)c1)C(=O)c1ccccc1C2=O. The number of fused-ring (bicyclic) bond motifs is 1. The van der Waals surface area contributed by atoms with Crippen molar-refractivity contribution >= 4 is 46.6 Å². The summed E-state index contributed by atoms with van der Waals surface area (Å²) in [7, 11) is 0. The number of ketones is 2. The molecule has 2 aromatic rings. The number of halogens is 2. The quantitative estimate of drug-likeness (QED) is 0.627. The minimum absolute atomic E-state index is 0.0681. The minimum Gasteiger partial charge on any atom is -0.481 e. The Labute approximate surface area is 200 Å². The molecule has 0 saturated carbocycles. The highest BCUT2D eigenvalue weighted by Crippen LogP contribution is 2.54. The first kappa shape index (κ1) is 23.4. The van der Waals surface area contributed by atoms with Crippen LogP contribution in [0.25, 0.3) is 0 Å². The van der Waals surface area contributed by atoms with E-state index in [4.69, 9.17) is 27.9 Å². The van der Waals surface area contributed by atoms with Gasteiger partial charge in [0.15, 0.2) is 0 Å². The summed E-state index contributed by atoms with van der Waals surface area (Å²) in [5.74, 6) is -6.83. The van der Waals surface area contributed by atoms with Crippen molar-refractivity contribution in [2.24, 2.45) is 11.8 Å². The summed E-state index contributed by atoms with van der Waals surface area (Å²) < 4.78 is 6.08. The van der Waals surface area contributed by atoms with Gasteiger partial charge >= 0.3 is 5.97 Å². The highest BCUT2D eigenvalue weighted by atomic mass is 35.5. The Morgan fingerprint density at radius 2 is 1.58 bits per heavy atom. The highest BCUT2D eigenvalue weighted by Gasteiger charge is 2.71. The Morgan fingerprint density at radius 3 is 2.06 bits per heavy atom. The van der Waals surface area contributed by atoms with E-state index < -0.39 is 52.5 Å². The summed E-state index contributed by atoms with van der Waals surface area (Å²) in [6.07, 6.45) is -1.23. The predicted octanol–water partition coefficient (Wildman–Crippen LogP) is 4.11. The largest absolute Gasteiger partial charge is 0.481 e. The fraction of sp³-hybridized carbons (Fsp3) is 0.333. The molecule has 1 aliphatic heterocycles. The lowest BCUT2D eigenvalue weighted by Crippen LogP contribution is -2.54. The molecule has 3 atom stereocenters. The molecule has 1 heterocycles. The summed E-state index contributed by atoms with van der Waals surface area (Å²) >= 11 is 12.2. The molecule has 0 bridgehead atoms. The Morgan fingerprint density at radius 1 is 1.00 bits per heavy atom. The summed E-state index contributed by atoms with van der Waals surface area (Å²) in [5.41, 5.74) is -2.60. The highest BCUT2D eigenvalue weighted by molar-refractivity contribution is 6.42. The Hall–Kier alpha value is -2.74. The maximum absolute atomic E-state index is 13.5. The molecule has 1 amide bonds. The van der Waals surface area contributed by atoms with Gasteiger partial charge in [0, 0.05) is 16.7 Å². The lowest BCUT2D eigenvalue weighted by atomic mass is 9.75. The first-order valence-corrected chi connectivity index (χ1v) is 11.0. The lowest BCUT2D eigenvalue weighted by Gasteiger charge is -2.28. The number of Topliss-reactive ketones (excluding diaryl/α,β-unsaturated/α-hetero) is 2. The van der Waals surface area contributed by atoms with E-state index in [0.717, 1.165) is 0 Å². The van der Waals surface area contributed by atoms with Gasteiger partial charge in [-0.2, -0.15) is 0 Å². The molecule has 1 fully saturated rings. The molecule has 0 aromatic heterocycles. The predicted molar refractivity (Wildman–Crippen MR) is 121 cm³/mol. The number of hydrogen-bond acceptors (Lipinski definition) is 5. The van der Waals surface area contributed by atoms with Crippen LogP contribution < -0.4 is 5.32 Å².